The summed E-state index contributed by atoms with van der Waals surface area (Å²) in [4.78, 5) is 91.8. The Bertz CT molecular complexity index is 1590. The lowest BCUT2D eigenvalue weighted by Gasteiger charge is -2.59. The van der Waals surface area contributed by atoms with Crippen LogP contribution in [0.3, 0.4) is 0 Å². The molecule has 0 aromatic carbocycles. The minimum atomic E-state index is -2.47. The van der Waals surface area contributed by atoms with Gasteiger partial charge in [-0.1, -0.05) is 40.7 Å². The molecule has 4 aliphatic rings. The molecule has 2 saturated heterocycles. The first-order valence-electron chi connectivity index (χ1n) is 18.2. The average Bonchev–Trinajstić information content (AvgIpc) is 3.82. The highest BCUT2D eigenvalue weighted by molar-refractivity contribution is 5.78. The van der Waals surface area contributed by atoms with Gasteiger partial charge in [-0.2, -0.15) is 0 Å². The second-order valence-corrected chi connectivity index (χ2v) is 15.6. The van der Waals surface area contributed by atoms with Crippen molar-refractivity contribution in [2.45, 2.75) is 123 Å². The fourth-order valence-corrected chi connectivity index (χ4v) is 7.98. The molecule has 0 aromatic rings. The lowest BCUT2D eigenvalue weighted by molar-refractivity contribution is -0.279. The number of fused-ring (bicyclic) bond motifs is 3. The van der Waals surface area contributed by atoms with Gasteiger partial charge < -0.3 is 48.1 Å². The molecule has 0 amide bonds. The van der Waals surface area contributed by atoms with Crippen molar-refractivity contribution in [1.29, 1.82) is 0 Å². The summed E-state index contributed by atoms with van der Waals surface area (Å²) in [5.41, 5.74) is -6.27. The fraction of sp³-hybridized carbons (Fsp3) is 0.711. The van der Waals surface area contributed by atoms with E-state index in [-0.39, 0.29) is 36.9 Å². The van der Waals surface area contributed by atoms with Crippen molar-refractivity contribution in [3.05, 3.63) is 23.8 Å². The van der Waals surface area contributed by atoms with E-state index < -0.39 is 120 Å². The van der Waals surface area contributed by atoms with E-state index in [1.54, 1.807) is 27.7 Å². The minimum Gasteiger partial charge on any atom is -0.459 e. The normalized spacial score (nSPS) is 36.6. The predicted octanol–water partition coefficient (Wildman–Crippen LogP) is 1.43. The first-order valence-corrected chi connectivity index (χ1v) is 18.2. The zero-order chi connectivity index (χ0) is 41.2. The third kappa shape index (κ3) is 8.88. The number of aliphatic hydroxyl groups excluding tert-OH is 1. The van der Waals surface area contributed by atoms with Crippen LogP contribution >= 0.6 is 0 Å². The summed E-state index contributed by atoms with van der Waals surface area (Å²) in [7, 11) is 0. The van der Waals surface area contributed by atoms with Gasteiger partial charge in [-0.3, -0.25) is 28.8 Å². The van der Waals surface area contributed by atoms with Gasteiger partial charge in [0.2, 0.25) is 0 Å². The Morgan fingerprint density at radius 3 is 1.91 bits per heavy atom. The molecule has 2 N–H and O–H groups in total. The van der Waals surface area contributed by atoms with Crippen molar-refractivity contribution in [1.82, 2.24) is 0 Å². The molecule has 2 aliphatic carbocycles. The number of hydrogen-bond acceptors (Lipinski definition) is 17. The van der Waals surface area contributed by atoms with Crippen LogP contribution in [0.1, 0.15) is 75.2 Å². The fourth-order valence-electron chi connectivity index (χ4n) is 7.98. The summed E-state index contributed by atoms with van der Waals surface area (Å²) in [6.07, 6.45) is -6.33. The molecule has 0 radical (unpaired) electrons. The van der Waals surface area contributed by atoms with E-state index in [0.717, 1.165) is 20.8 Å². The first kappa shape index (κ1) is 43.4. The Morgan fingerprint density at radius 1 is 0.836 bits per heavy atom. The van der Waals surface area contributed by atoms with Gasteiger partial charge in [-0.25, -0.2) is 4.79 Å². The van der Waals surface area contributed by atoms with Gasteiger partial charge in [0.05, 0.1) is 24.5 Å². The molecule has 0 aromatic heterocycles. The van der Waals surface area contributed by atoms with E-state index in [0.29, 0.717) is 0 Å². The highest BCUT2D eigenvalue weighted by atomic mass is 16.7. The van der Waals surface area contributed by atoms with E-state index in [1.807, 2.05) is 0 Å². The van der Waals surface area contributed by atoms with Gasteiger partial charge in [-0.15, -0.1) is 0 Å². The second kappa shape index (κ2) is 16.8. The van der Waals surface area contributed by atoms with Crippen LogP contribution in [-0.2, 0) is 71.5 Å². The van der Waals surface area contributed by atoms with Gasteiger partial charge in [0.1, 0.15) is 17.8 Å². The van der Waals surface area contributed by atoms with E-state index in [1.165, 1.54) is 32.1 Å². The molecule has 2 heterocycles. The molecule has 55 heavy (non-hydrogen) atoms. The molecule has 0 unspecified atom stereocenters. The molecule has 3 fully saturated rings. The molecule has 11 atom stereocenters. The predicted molar refractivity (Wildman–Crippen MR) is 185 cm³/mol. The lowest BCUT2D eigenvalue weighted by atomic mass is 9.51. The van der Waals surface area contributed by atoms with Gasteiger partial charge in [-0.05, 0) is 36.5 Å². The van der Waals surface area contributed by atoms with Gasteiger partial charge in [0.15, 0.2) is 36.6 Å². The number of epoxide rings is 1. The topological polar surface area (TPSA) is 237 Å². The van der Waals surface area contributed by atoms with Crippen LogP contribution in [0.4, 0.5) is 0 Å². The van der Waals surface area contributed by atoms with Crippen LogP contribution in [0.2, 0.25) is 0 Å². The standard InChI is InChI=1S/C38H52O17/c1-18(2)12-27(43)48-16-29(45)53-25-11-10-24(15-39)14-26-38(47,20(5)35(46)54-26)34(52-23(8)42)31-36(25,9)32(50-21(6)40)30(55-28(44)13-19(3)4)33(51-22(7)41)37(31)17-49-37/h10-11,14,18-20,25-26,30-34,39,47H,12-13,15-17H2,1-9H3/b11-10-,24-14+/t20-,25+,26-,30+,31+,32-,33+,34-,36+,37-,38-/m0/s1. The summed E-state index contributed by atoms with van der Waals surface area (Å²) >= 11 is 0. The maximum Gasteiger partial charge on any atom is 0.344 e. The summed E-state index contributed by atoms with van der Waals surface area (Å²) in [6, 6.07) is 0. The molecule has 17 heteroatoms. The van der Waals surface area contributed by atoms with Crippen LogP contribution < -0.4 is 0 Å². The molecule has 0 bridgehead atoms. The molecule has 1 saturated carbocycles. The Hall–Kier alpha value is -4.35. The van der Waals surface area contributed by atoms with Crippen LogP contribution in [0, 0.1) is 29.1 Å². The van der Waals surface area contributed by atoms with Crippen molar-refractivity contribution in [2.75, 3.05) is 19.8 Å². The van der Waals surface area contributed by atoms with Crippen molar-refractivity contribution in [3.8, 4) is 0 Å². The molecule has 2 aliphatic heterocycles. The third-order valence-corrected chi connectivity index (χ3v) is 10.4. The summed E-state index contributed by atoms with van der Waals surface area (Å²) < 4.78 is 46.8. The van der Waals surface area contributed by atoms with Gasteiger partial charge in [0, 0.05) is 39.5 Å². The van der Waals surface area contributed by atoms with E-state index >= 15 is 0 Å². The van der Waals surface area contributed by atoms with Gasteiger partial charge in [0.25, 0.3) is 0 Å². The number of carbonyl (C=O) groups excluding carboxylic acids is 7. The Labute approximate surface area is 318 Å². The number of ether oxygens (including phenoxy) is 8. The number of rotatable bonds is 12. The largest absolute Gasteiger partial charge is 0.459 e. The highest BCUT2D eigenvalue weighted by Gasteiger charge is 2.81. The molecule has 306 valence electrons. The average molecular weight is 781 g/mol. The Balaban J connectivity index is 2.09. The van der Waals surface area contributed by atoms with Gasteiger partial charge >= 0.3 is 41.8 Å². The molecule has 4 rings (SSSR count). The zero-order valence-corrected chi connectivity index (χ0v) is 32.6. The quantitative estimate of drug-likeness (QED) is 0.162. The number of aliphatic hydroxyl groups is 2. The SMILES string of the molecule is CC(=O)O[C@@H]1[C@H](OC(=O)CC(C)C)[C@H](OC(C)=O)[C@]2(C)[C@H](OC(=O)COC(=O)CC(C)C)/C=C\C(CO)=C/[C@@H]3OC(=O)[C@H](C)[C@@]3(O)[C@@H](OC(C)=O)[C@H]2[C@@]12CO2. The summed E-state index contributed by atoms with van der Waals surface area (Å²) in [5, 5.41) is 23.3. The number of carbonyl (C=O) groups is 7. The van der Waals surface area contributed by atoms with Crippen LogP contribution in [-0.4, -0.2) is 120 Å². The second-order valence-electron chi connectivity index (χ2n) is 15.6. The van der Waals surface area contributed by atoms with Crippen molar-refractivity contribution >= 4 is 41.8 Å². The summed E-state index contributed by atoms with van der Waals surface area (Å²) in [5.74, 6) is -9.47. The van der Waals surface area contributed by atoms with Crippen LogP contribution in [0.15, 0.2) is 23.8 Å². The number of hydrogen-bond donors (Lipinski definition) is 2. The molecule has 17 nitrogen and oxygen atoms in total. The van der Waals surface area contributed by atoms with Crippen LogP contribution in [0.25, 0.3) is 0 Å². The Morgan fingerprint density at radius 2 is 1.38 bits per heavy atom. The monoisotopic (exact) mass is 780 g/mol. The van der Waals surface area contributed by atoms with Crippen LogP contribution in [0.5, 0.6) is 0 Å². The third-order valence-electron chi connectivity index (χ3n) is 10.4. The molecular weight excluding hydrogens is 728 g/mol. The first-order chi connectivity index (χ1) is 25.6. The van der Waals surface area contributed by atoms with Crippen molar-refractivity contribution in [3.63, 3.8) is 0 Å². The maximum atomic E-state index is 13.6. The maximum absolute atomic E-state index is 13.6. The molecule has 1 spiro atoms. The van der Waals surface area contributed by atoms with E-state index in [4.69, 9.17) is 37.9 Å². The van der Waals surface area contributed by atoms with Crippen molar-refractivity contribution in [2.24, 2.45) is 29.1 Å². The highest BCUT2D eigenvalue weighted by Crippen LogP contribution is 2.63. The number of esters is 7. The minimum absolute atomic E-state index is 0.000802. The lowest BCUT2D eigenvalue weighted by Crippen LogP contribution is -2.76. The van der Waals surface area contributed by atoms with E-state index in [2.05, 4.69) is 0 Å². The van der Waals surface area contributed by atoms with Crippen molar-refractivity contribution < 1.29 is 81.7 Å². The van der Waals surface area contributed by atoms with E-state index in [9.17, 15) is 43.8 Å². The zero-order valence-electron chi connectivity index (χ0n) is 32.6. The summed E-state index contributed by atoms with van der Waals surface area (Å²) in [6.45, 7) is 11.2. The Kier molecular flexibility index (Phi) is 13.2. The molecular formula is C38H52O17. The smallest absolute Gasteiger partial charge is 0.344 e.